The average molecular weight is 306 g/mol. The lowest BCUT2D eigenvalue weighted by Crippen LogP contribution is -2.23. The summed E-state index contributed by atoms with van der Waals surface area (Å²) in [7, 11) is -2.16. The van der Waals surface area contributed by atoms with Gasteiger partial charge in [0.2, 0.25) is 10.0 Å². The van der Waals surface area contributed by atoms with Crippen LogP contribution >= 0.6 is 0 Å². The maximum absolute atomic E-state index is 12.3. The standard InChI is InChI=1S/C15H18N2O3S/c1-11-5-3-4-6-12(11)10-17-21(18,19)13-7-8-14(16)15(9-13)20-2/h3-9,17H,10,16H2,1-2H3. The molecule has 0 radical (unpaired) electrons. The van der Waals surface area contributed by atoms with Gasteiger partial charge in [0.1, 0.15) is 5.75 Å². The third-order valence-corrected chi connectivity index (χ3v) is 4.63. The summed E-state index contributed by atoms with van der Waals surface area (Å²) < 4.78 is 32.2. The van der Waals surface area contributed by atoms with Gasteiger partial charge in [0.15, 0.2) is 0 Å². The number of hydrogen-bond acceptors (Lipinski definition) is 4. The van der Waals surface area contributed by atoms with E-state index in [1.807, 2.05) is 31.2 Å². The molecule has 3 N–H and O–H groups in total. The second-order valence-electron chi connectivity index (χ2n) is 4.65. The lowest BCUT2D eigenvalue weighted by Gasteiger charge is -2.11. The van der Waals surface area contributed by atoms with Crippen molar-refractivity contribution in [2.24, 2.45) is 0 Å². The third-order valence-electron chi connectivity index (χ3n) is 3.23. The number of methoxy groups -OCH3 is 1. The Labute approximate surface area is 124 Å². The molecule has 2 rings (SSSR count). The second kappa shape index (κ2) is 6.15. The molecule has 0 aliphatic carbocycles. The van der Waals surface area contributed by atoms with Gasteiger partial charge in [-0.25, -0.2) is 13.1 Å². The maximum atomic E-state index is 12.3. The van der Waals surface area contributed by atoms with Gasteiger partial charge in [-0.3, -0.25) is 0 Å². The van der Waals surface area contributed by atoms with Gasteiger partial charge in [-0.1, -0.05) is 24.3 Å². The minimum atomic E-state index is -3.61. The number of ether oxygens (including phenoxy) is 1. The van der Waals surface area contributed by atoms with E-state index in [0.717, 1.165) is 11.1 Å². The fourth-order valence-electron chi connectivity index (χ4n) is 1.92. The molecule has 0 spiro atoms. The number of nitrogen functional groups attached to an aromatic ring is 1. The number of hydrogen-bond donors (Lipinski definition) is 2. The van der Waals surface area contributed by atoms with E-state index >= 15 is 0 Å². The van der Waals surface area contributed by atoms with Crippen molar-refractivity contribution in [1.82, 2.24) is 4.72 Å². The highest BCUT2D eigenvalue weighted by atomic mass is 32.2. The second-order valence-corrected chi connectivity index (χ2v) is 6.42. The molecule has 0 aliphatic rings. The van der Waals surface area contributed by atoms with Crippen molar-refractivity contribution < 1.29 is 13.2 Å². The van der Waals surface area contributed by atoms with E-state index in [0.29, 0.717) is 11.4 Å². The maximum Gasteiger partial charge on any atom is 0.241 e. The fraction of sp³-hybridized carbons (Fsp3) is 0.200. The summed E-state index contributed by atoms with van der Waals surface area (Å²) in [6, 6.07) is 12.0. The minimum absolute atomic E-state index is 0.127. The molecule has 6 heteroatoms. The van der Waals surface area contributed by atoms with Crippen molar-refractivity contribution in [3.63, 3.8) is 0 Å². The van der Waals surface area contributed by atoms with Gasteiger partial charge in [-0.2, -0.15) is 0 Å². The SMILES string of the molecule is COc1cc(S(=O)(=O)NCc2ccccc2C)ccc1N. The Morgan fingerprint density at radius 2 is 1.90 bits per heavy atom. The summed E-state index contributed by atoms with van der Waals surface area (Å²) in [5.74, 6) is 0.341. The van der Waals surface area contributed by atoms with Crippen molar-refractivity contribution in [1.29, 1.82) is 0 Å². The van der Waals surface area contributed by atoms with Crippen molar-refractivity contribution in [3.8, 4) is 5.75 Å². The first-order valence-corrected chi connectivity index (χ1v) is 7.90. The van der Waals surface area contributed by atoms with Crippen molar-refractivity contribution in [2.45, 2.75) is 18.4 Å². The molecule has 0 aromatic heterocycles. The van der Waals surface area contributed by atoms with Crippen LogP contribution in [-0.2, 0) is 16.6 Å². The number of aryl methyl sites for hydroxylation is 1. The molecule has 0 saturated heterocycles. The first kappa shape index (κ1) is 15.3. The molecule has 2 aromatic carbocycles. The van der Waals surface area contributed by atoms with Gasteiger partial charge in [0, 0.05) is 12.6 Å². The van der Waals surface area contributed by atoms with E-state index in [2.05, 4.69) is 4.72 Å². The Balaban J connectivity index is 2.21. The predicted molar refractivity (Wildman–Crippen MR) is 82.6 cm³/mol. The van der Waals surface area contributed by atoms with Crippen LogP contribution in [0.4, 0.5) is 5.69 Å². The van der Waals surface area contributed by atoms with Crippen LogP contribution in [0.5, 0.6) is 5.75 Å². The molecule has 21 heavy (non-hydrogen) atoms. The Kier molecular flexibility index (Phi) is 4.50. The van der Waals surface area contributed by atoms with Crippen LogP contribution in [0, 0.1) is 6.92 Å². The Morgan fingerprint density at radius 3 is 2.57 bits per heavy atom. The zero-order valence-electron chi connectivity index (χ0n) is 12.0. The van der Waals surface area contributed by atoms with E-state index < -0.39 is 10.0 Å². The van der Waals surface area contributed by atoms with Gasteiger partial charge in [0.05, 0.1) is 17.7 Å². The zero-order chi connectivity index (χ0) is 15.5. The zero-order valence-corrected chi connectivity index (χ0v) is 12.8. The van der Waals surface area contributed by atoms with Crippen LogP contribution < -0.4 is 15.2 Å². The van der Waals surface area contributed by atoms with Crippen molar-refractivity contribution >= 4 is 15.7 Å². The molecule has 0 aliphatic heterocycles. The minimum Gasteiger partial charge on any atom is -0.495 e. The number of sulfonamides is 1. The highest BCUT2D eigenvalue weighted by Gasteiger charge is 2.16. The summed E-state index contributed by atoms with van der Waals surface area (Å²) in [5, 5.41) is 0. The number of anilines is 1. The monoisotopic (exact) mass is 306 g/mol. The van der Waals surface area contributed by atoms with Gasteiger partial charge in [-0.15, -0.1) is 0 Å². The highest BCUT2D eigenvalue weighted by molar-refractivity contribution is 7.89. The molecule has 2 aromatic rings. The molecule has 0 unspecified atom stereocenters. The molecule has 0 atom stereocenters. The summed E-state index contributed by atoms with van der Waals surface area (Å²) >= 11 is 0. The highest BCUT2D eigenvalue weighted by Crippen LogP contribution is 2.24. The first-order chi connectivity index (χ1) is 9.94. The van der Waals surface area contributed by atoms with Gasteiger partial charge in [0.25, 0.3) is 0 Å². The largest absolute Gasteiger partial charge is 0.495 e. The number of nitrogens with two attached hydrogens (primary N) is 1. The molecule has 0 saturated carbocycles. The smallest absolute Gasteiger partial charge is 0.241 e. The lowest BCUT2D eigenvalue weighted by atomic mass is 10.1. The van der Waals surface area contributed by atoms with Crippen LogP contribution in [0.2, 0.25) is 0 Å². The summed E-state index contributed by atoms with van der Waals surface area (Å²) in [4.78, 5) is 0.127. The van der Waals surface area contributed by atoms with Crippen LogP contribution in [0.15, 0.2) is 47.4 Å². The first-order valence-electron chi connectivity index (χ1n) is 6.42. The van der Waals surface area contributed by atoms with Crippen LogP contribution in [0.3, 0.4) is 0 Å². The predicted octanol–water partition coefficient (Wildman–Crippen LogP) is 2.06. The van der Waals surface area contributed by atoms with E-state index in [-0.39, 0.29) is 11.4 Å². The molecular weight excluding hydrogens is 288 g/mol. The van der Waals surface area contributed by atoms with Gasteiger partial charge >= 0.3 is 0 Å². The van der Waals surface area contributed by atoms with E-state index in [1.165, 1.54) is 25.3 Å². The van der Waals surface area contributed by atoms with E-state index in [4.69, 9.17) is 10.5 Å². The molecule has 0 fully saturated rings. The van der Waals surface area contributed by atoms with Crippen molar-refractivity contribution in [2.75, 3.05) is 12.8 Å². The van der Waals surface area contributed by atoms with Crippen molar-refractivity contribution in [3.05, 3.63) is 53.6 Å². The average Bonchev–Trinajstić information content (AvgIpc) is 2.46. The van der Waals surface area contributed by atoms with Crippen LogP contribution in [0.25, 0.3) is 0 Å². The third kappa shape index (κ3) is 3.53. The molecule has 112 valence electrons. The Morgan fingerprint density at radius 1 is 1.19 bits per heavy atom. The topological polar surface area (TPSA) is 81.4 Å². The molecule has 0 amide bonds. The Bertz CT molecular complexity index is 742. The van der Waals surface area contributed by atoms with Gasteiger partial charge < -0.3 is 10.5 Å². The number of nitrogens with one attached hydrogen (secondary N) is 1. The summed E-state index contributed by atoms with van der Waals surface area (Å²) in [6.07, 6.45) is 0. The van der Waals surface area contributed by atoms with Gasteiger partial charge in [-0.05, 0) is 30.2 Å². The van der Waals surface area contributed by atoms with E-state index in [9.17, 15) is 8.42 Å². The molecule has 5 nitrogen and oxygen atoms in total. The normalized spacial score (nSPS) is 11.3. The fourth-order valence-corrected chi connectivity index (χ4v) is 2.94. The van der Waals surface area contributed by atoms with Crippen LogP contribution in [0.1, 0.15) is 11.1 Å². The molecule has 0 bridgehead atoms. The molecular formula is C15H18N2O3S. The summed E-state index contributed by atoms with van der Waals surface area (Å²) in [6.45, 7) is 2.18. The van der Waals surface area contributed by atoms with E-state index in [1.54, 1.807) is 0 Å². The Hall–Kier alpha value is -2.05. The molecule has 0 heterocycles. The number of rotatable bonds is 5. The quantitative estimate of drug-likeness (QED) is 0.829. The lowest BCUT2D eigenvalue weighted by molar-refractivity contribution is 0.415. The summed E-state index contributed by atoms with van der Waals surface area (Å²) in [5.41, 5.74) is 8.06. The van der Waals surface area contributed by atoms with Crippen LogP contribution in [-0.4, -0.2) is 15.5 Å². The number of benzene rings is 2.